The number of rotatable bonds is 2. The van der Waals surface area contributed by atoms with Crippen molar-refractivity contribution in [2.45, 2.75) is 6.92 Å². The minimum absolute atomic E-state index is 0.0181. The van der Waals surface area contributed by atoms with Crippen LogP contribution in [0.2, 0.25) is 0 Å². The molecule has 0 atom stereocenters. The van der Waals surface area contributed by atoms with Crippen LogP contribution in [0.5, 0.6) is 0 Å². The molecule has 0 radical (unpaired) electrons. The molecular formula is C10H11N5O2. The van der Waals surface area contributed by atoms with Gasteiger partial charge in [0.25, 0.3) is 5.91 Å². The molecular weight excluding hydrogens is 222 g/mol. The summed E-state index contributed by atoms with van der Waals surface area (Å²) >= 11 is 0. The molecule has 2 aromatic heterocycles. The molecule has 88 valence electrons. The third kappa shape index (κ3) is 2.17. The molecule has 0 unspecified atom stereocenters. The first-order valence-corrected chi connectivity index (χ1v) is 4.87. The molecule has 2 aromatic rings. The number of carbonyl (C=O) groups excluding carboxylic acids is 1. The van der Waals surface area contributed by atoms with Crippen LogP contribution in [0.15, 0.2) is 23.3 Å². The Kier molecular flexibility index (Phi) is 2.65. The molecule has 0 spiro atoms. The third-order valence-corrected chi connectivity index (χ3v) is 2.21. The predicted octanol–water partition coefficient (Wildman–Crippen LogP) is 0.241. The molecule has 0 saturated heterocycles. The summed E-state index contributed by atoms with van der Waals surface area (Å²) in [4.78, 5) is 26.1. The fourth-order valence-electron chi connectivity index (χ4n) is 1.33. The van der Waals surface area contributed by atoms with E-state index in [0.717, 1.165) is 0 Å². The summed E-state index contributed by atoms with van der Waals surface area (Å²) in [5, 5.41) is 8.64. The molecule has 17 heavy (non-hydrogen) atoms. The number of hydrogen-bond acceptors (Lipinski definition) is 4. The zero-order valence-electron chi connectivity index (χ0n) is 9.07. The predicted molar refractivity (Wildman–Crippen MR) is 62.8 cm³/mol. The van der Waals surface area contributed by atoms with Gasteiger partial charge in [-0.3, -0.25) is 14.7 Å². The molecule has 0 aromatic carbocycles. The molecule has 7 heteroatoms. The number of anilines is 2. The number of aromatic amines is 2. The van der Waals surface area contributed by atoms with Crippen molar-refractivity contribution >= 4 is 17.4 Å². The Labute approximate surface area is 96.0 Å². The molecule has 5 N–H and O–H groups in total. The molecule has 0 bridgehead atoms. The minimum atomic E-state index is -0.540. The van der Waals surface area contributed by atoms with Crippen LogP contribution in [0.1, 0.15) is 16.1 Å². The SMILES string of the molecule is Cc1cc(=O)c(C(=O)Nc2[nH]ncc2N)c[nH]1. The van der Waals surface area contributed by atoms with Crippen LogP contribution in [0, 0.1) is 6.92 Å². The van der Waals surface area contributed by atoms with E-state index in [2.05, 4.69) is 20.5 Å². The van der Waals surface area contributed by atoms with E-state index in [-0.39, 0.29) is 16.8 Å². The fraction of sp³-hybridized carbons (Fsp3) is 0.100. The molecule has 1 amide bonds. The second kappa shape index (κ2) is 4.12. The summed E-state index contributed by atoms with van der Waals surface area (Å²) in [5.41, 5.74) is 6.20. The maximum atomic E-state index is 11.8. The number of nitrogens with zero attached hydrogens (tertiary/aromatic N) is 1. The highest BCUT2D eigenvalue weighted by Crippen LogP contribution is 2.12. The number of aromatic nitrogens is 3. The van der Waals surface area contributed by atoms with E-state index >= 15 is 0 Å². The average molecular weight is 233 g/mol. The normalized spacial score (nSPS) is 10.2. The number of nitrogens with one attached hydrogen (secondary N) is 3. The molecule has 2 rings (SSSR count). The number of amides is 1. The van der Waals surface area contributed by atoms with Gasteiger partial charge in [0.15, 0.2) is 11.2 Å². The van der Waals surface area contributed by atoms with Gasteiger partial charge in [0.05, 0.1) is 11.9 Å². The lowest BCUT2D eigenvalue weighted by Crippen LogP contribution is -2.22. The smallest absolute Gasteiger partial charge is 0.262 e. The summed E-state index contributed by atoms with van der Waals surface area (Å²) in [6.45, 7) is 1.73. The fourth-order valence-corrected chi connectivity index (χ4v) is 1.33. The van der Waals surface area contributed by atoms with Crippen LogP contribution in [0.25, 0.3) is 0 Å². The first-order chi connectivity index (χ1) is 8.08. The average Bonchev–Trinajstić information content (AvgIpc) is 2.64. The van der Waals surface area contributed by atoms with Crippen molar-refractivity contribution in [3.05, 3.63) is 39.9 Å². The third-order valence-electron chi connectivity index (χ3n) is 2.21. The van der Waals surface area contributed by atoms with Crippen molar-refractivity contribution in [1.29, 1.82) is 0 Å². The summed E-state index contributed by atoms with van der Waals surface area (Å²) < 4.78 is 0. The number of H-pyrrole nitrogens is 2. The van der Waals surface area contributed by atoms with Crippen molar-refractivity contribution in [2.75, 3.05) is 11.1 Å². The van der Waals surface area contributed by atoms with Crippen LogP contribution in [0.3, 0.4) is 0 Å². The standard InChI is InChI=1S/C10H11N5O2/c1-5-2-8(16)6(3-12-5)10(17)14-9-7(11)4-13-15-9/h2-4H,11H2,1H3,(H,12,16)(H2,13,14,15,17). The number of aryl methyl sites for hydroxylation is 1. The summed E-state index contributed by atoms with van der Waals surface area (Å²) in [7, 11) is 0. The van der Waals surface area contributed by atoms with Crippen molar-refractivity contribution in [3.8, 4) is 0 Å². The Balaban J connectivity index is 2.27. The zero-order valence-corrected chi connectivity index (χ0v) is 9.07. The summed E-state index contributed by atoms with van der Waals surface area (Å²) in [6.07, 6.45) is 2.73. The van der Waals surface area contributed by atoms with Crippen molar-refractivity contribution in [3.63, 3.8) is 0 Å². The molecule has 0 fully saturated rings. The van der Waals surface area contributed by atoms with E-state index in [1.54, 1.807) is 6.92 Å². The second-order valence-electron chi connectivity index (χ2n) is 3.55. The molecule has 0 aliphatic carbocycles. The van der Waals surface area contributed by atoms with Gasteiger partial charge in [0.1, 0.15) is 5.56 Å². The van der Waals surface area contributed by atoms with Crippen molar-refractivity contribution < 1.29 is 4.79 Å². The first-order valence-electron chi connectivity index (χ1n) is 4.87. The van der Waals surface area contributed by atoms with E-state index in [9.17, 15) is 9.59 Å². The van der Waals surface area contributed by atoms with E-state index in [0.29, 0.717) is 11.4 Å². The monoisotopic (exact) mass is 233 g/mol. The number of pyridine rings is 1. The van der Waals surface area contributed by atoms with Crippen LogP contribution in [-0.4, -0.2) is 21.1 Å². The van der Waals surface area contributed by atoms with Gasteiger partial charge < -0.3 is 16.0 Å². The topological polar surface area (TPSA) is 117 Å². The van der Waals surface area contributed by atoms with Gasteiger partial charge in [0, 0.05) is 18.0 Å². The van der Waals surface area contributed by atoms with Crippen LogP contribution < -0.4 is 16.5 Å². The van der Waals surface area contributed by atoms with Crippen molar-refractivity contribution in [1.82, 2.24) is 15.2 Å². The lowest BCUT2D eigenvalue weighted by molar-refractivity contribution is 0.102. The van der Waals surface area contributed by atoms with Crippen LogP contribution in [0.4, 0.5) is 11.5 Å². The molecule has 0 saturated carbocycles. The zero-order chi connectivity index (χ0) is 12.4. The van der Waals surface area contributed by atoms with E-state index in [1.165, 1.54) is 18.5 Å². The highest BCUT2D eigenvalue weighted by Gasteiger charge is 2.12. The lowest BCUT2D eigenvalue weighted by Gasteiger charge is -2.03. The maximum absolute atomic E-state index is 11.8. The van der Waals surface area contributed by atoms with E-state index in [1.807, 2.05) is 0 Å². The largest absolute Gasteiger partial charge is 0.394 e. The number of carbonyl (C=O) groups is 1. The quantitative estimate of drug-likeness (QED) is 0.594. The molecule has 7 nitrogen and oxygen atoms in total. The van der Waals surface area contributed by atoms with Crippen LogP contribution in [-0.2, 0) is 0 Å². The molecule has 2 heterocycles. The van der Waals surface area contributed by atoms with Gasteiger partial charge in [-0.1, -0.05) is 0 Å². The molecule has 0 aliphatic rings. The van der Waals surface area contributed by atoms with Gasteiger partial charge in [-0.15, -0.1) is 0 Å². The van der Waals surface area contributed by atoms with Gasteiger partial charge in [-0.25, -0.2) is 0 Å². The Morgan fingerprint density at radius 3 is 2.88 bits per heavy atom. The van der Waals surface area contributed by atoms with Gasteiger partial charge in [-0.2, -0.15) is 5.10 Å². The van der Waals surface area contributed by atoms with Gasteiger partial charge in [0.2, 0.25) is 0 Å². The summed E-state index contributed by atoms with van der Waals surface area (Å²) in [6, 6.07) is 1.35. The number of nitrogen functional groups attached to an aromatic ring is 1. The van der Waals surface area contributed by atoms with Gasteiger partial charge >= 0.3 is 0 Å². The summed E-state index contributed by atoms with van der Waals surface area (Å²) in [5.74, 6) is -0.267. The Hall–Kier alpha value is -2.57. The Morgan fingerprint density at radius 2 is 2.29 bits per heavy atom. The van der Waals surface area contributed by atoms with Crippen LogP contribution >= 0.6 is 0 Å². The Morgan fingerprint density at radius 1 is 1.53 bits per heavy atom. The number of nitrogens with two attached hydrogens (primary N) is 1. The van der Waals surface area contributed by atoms with Gasteiger partial charge in [-0.05, 0) is 6.92 Å². The van der Waals surface area contributed by atoms with Crippen molar-refractivity contribution in [2.24, 2.45) is 0 Å². The second-order valence-corrected chi connectivity index (χ2v) is 3.55. The highest BCUT2D eigenvalue weighted by atomic mass is 16.2. The number of hydrogen-bond donors (Lipinski definition) is 4. The maximum Gasteiger partial charge on any atom is 0.262 e. The lowest BCUT2D eigenvalue weighted by atomic mass is 10.2. The van der Waals surface area contributed by atoms with E-state index in [4.69, 9.17) is 5.73 Å². The highest BCUT2D eigenvalue weighted by molar-refractivity contribution is 6.04. The molecule has 0 aliphatic heterocycles. The first kappa shape index (κ1) is 10.9. The minimum Gasteiger partial charge on any atom is -0.394 e. The van der Waals surface area contributed by atoms with E-state index < -0.39 is 5.91 Å². The Bertz CT molecular complexity index is 613.